The van der Waals surface area contributed by atoms with Gasteiger partial charge >= 0.3 is 7.60 Å². The van der Waals surface area contributed by atoms with Crippen molar-refractivity contribution in [1.29, 1.82) is 0 Å². The molecule has 0 N–H and O–H groups in total. The molecule has 0 radical (unpaired) electrons. The predicted molar refractivity (Wildman–Crippen MR) is 72.4 cm³/mol. The molecular formula is C12H18NO5P. The van der Waals surface area contributed by atoms with Crippen molar-refractivity contribution in [3.8, 4) is 0 Å². The van der Waals surface area contributed by atoms with Crippen molar-refractivity contribution in [3.05, 3.63) is 39.9 Å². The molecule has 19 heavy (non-hydrogen) atoms. The van der Waals surface area contributed by atoms with Crippen molar-refractivity contribution in [3.63, 3.8) is 0 Å². The van der Waals surface area contributed by atoms with E-state index in [-0.39, 0.29) is 18.9 Å². The van der Waals surface area contributed by atoms with Gasteiger partial charge in [0.1, 0.15) is 0 Å². The van der Waals surface area contributed by atoms with Gasteiger partial charge in [0.15, 0.2) is 0 Å². The molecule has 0 aliphatic carbocycles. The first-order valence-electron chi connectivity index (χ1n) is 6.07. The highest BCUT2D eigenvalue weighted by molar-refractivity contribution is 7.54. The molecule has 0 aliphatic heterocycles. The summed E-state index contributed by atoms with van der Waals surface area (Å²) in [5.74, 6) is 0. The van der Waals surface area contributed by atoms with Gasteiger partial charge in [0.05, 0.1) is 23.8 Å². The SMILES string of the molecule is CCOP(=O)(OCC)C(C)c1ccc([N+](=O)[O-])cc1. The zero-order valence-corrected chi connectivity index (χ0v) is 12.1. The summed E-state index contributed by atoms with van der Waals surface area (Å²) in [5.41, 5.74) is 0.225. The summed E-state index contributed by atoms with van der Waals surface area (Å²) < 4.78 is 23.1. The van der Waals surface area contributed by atoms with Gasteiger partial charge in [-0.15, -0.1) is 0 Å². The predicted octanol–water partition coefficient (Wildman–Crippen LogP) is 3.92. The average molecular weight is 287 g/mol. The monoisotopic (exact) mass is 287 g/mol. The summed E-state index contributed by atoms with van der Waals surface area (Å²) in [4.78, 5) is 10.1. The van der Waals surface area contributed by atoms with Crippen LogP contribution in [0.2, 0.25) is 0 Å². The Labute approximate surface area is 112 Å². The highest BCUT2D eigenvalue weighted by Crippen LogP contribution is 2.60. The van der Waals surface area contributed by atoms with E-state index in [1.807, 2.05) is 0 Å². The van der Waals surface area contributed by atoms with E-state index in [0.717, 1.165) is 0 Å². The second kappa shape index (κ2) is 6.80. The number of nitrogens with zero attached hydrogens (tertiary/aromatic N) is 1. The summed E-state index contributed by atoms with van der Waals surface area (Å²) in [6, 6.07) is 5.92. The van der Waals surface area contributed by atoms with Crippen LogP contribution >= 0.6 is 7.60 Å². The van der Waals surface area contributed by atoms with Gasteiger partial charge < -0.3 is 9.05 Å². The molecule has 1 rings (SSSR count). The van der Waals surface area contributed by atoms with Gasteiger partial charge in [-0.25, -0.2) is 0 Å². The first-order chi connectivity index (χ1) is 8.94. The first kappa shape index (κ1) is 15.8. The van der Waals surface area contributed by atoms with Crippen LogP contribution in [0.25, 0.3) is 0 Å². The lowest BCUT2D eigenvalue weighted by atomic mass is 10.1. The molecule has 0 heterocycles. The van der Waals surface area contributed by atoms with E-state index < -0.39 is 18.2 Å². The molecule has 1 aromatic carbocycles. The van der Waals surface area contributed by atoms with Crippen molar-refractivity contribution < 1.29 is 18.5 Å². The minimum Gasteiger partial charge on any atom is -0.308 e. The summed E-state index contributed by atoms with van der Waals surface area (Å²) in [6.07, 6.45) is 0. The Morgan fingerprint density at radius 2 is 1.68 bits per heavy atom. The van der Waals surface area contributed by atoms with Crippen LogP contribution < -0.4 is 0 Å². The molecular weight excluding hydrogens is 269 g/mol. The number of nitro benzene ring substituents is 1. The van der Waals surface area contributed by atoms with E-state index in [9.17, 15) is 14.7 Å². The van der Waals surface area contributed by atoms with Crippen LogP contribution in [0.4, 0.5) is 5.69 Å². The van der Waals surface area contributed by atoms with Gasteiger partial charge in [-0.3, -0.25) is 14.7 Å². The average Bonchev–Trinajstić information content (AvgIpc) is 2.38. The topological polar surface area (TPSA) is 78.7 Å². The highest BCUT2D eigenvalue weighted by atomic mass is 31.2. The molecule has 6 nitrogen and oxygen atoms in total. The molecule has 106 valence electrons. The fourth-order valence-corrected chi connectivity index (χ4v) is 3.46. The number of hydrogen-bond acceptors (Lipinski definition) is 5. The fraction of sp³-hybridized carbons (Fsp3) is 0.500. The van der Waals surface area contributed by atoms with Gasteiger partial charge in [0.2, 0.25) is 0 Å². The Hall–Kier alpha value is -1.23. The summed E-state index contributed by atoms with van der Waals surface area (Å²) >= 11 is 0. The molecule has 0 saturated carbocycles. The standard InChI is InChI=1S/C12H18NO5P/c1-4-17-19(16,18-5-2)10(3)11-6-8-12(9-7-11)13(14)15/h6-10H,4-5H2,1-3H3. The second-order valence-corrected chi connectivity index (χ2v) is 6.27. The Morgan fingerprint density at radius 3 is 2.05 bits per heavy atom. The van der Waals surface area contributed by atoms with Crippen LogP contribution in [-0.2, 0) is 13.6 Å². The van der Waals surface area contributed by atoms with Crippen LogP contribution in [0.5, 0.6) is 0 Å². The molecule has 0 amide bonds. The summed E-state index contributed by atoms with van der Waals surface area (Å²) in [5, 5.41) is 10.6. The van der Waals surface area contributed by atoms with E-state index >= 15 is 0 Å². The van der Waals surface area contributed by atoms with Crippen LogP contribution in [-0.4, -0.2) is 18.1 Å². The fourth-order valence-electron chi connectivity index (χ4n) is 1.68. The largest absolute Gasteiger partial charge is 0.337 e. The smallest absolute Gasteiger partial charge is 0.308 e. The third kappa shape index (κ3) is 3.86. The maximum atomic E-state index is 12.6. The van der Waals surface area contributed by atoms with Crippen molar-refractivity contribution in [2.24, 2.45) is 0 Å². The molecule has 1 aromatic rings. The first-order valence-corrected chi connectivity index (χ1v) is 7.69. The number of nitro groups is 1. The van der Waals surface area contributed by atoms with Crippen LogP contribution in [0.1, 0.15) is 32.0 Å². The second-order valence-electron chi connectivity index (χ2n) is 3.90. The van der Waals surface area contributed by atoms with Crippen LogP contribution in [0, 0.1) is 10.1 Å². The number of benzene rings is 1. The van der Waals surface area contributed by atoms with Crippen molar-refractivity contribution in [2.45, 2.75) is 26.4 Å². The molecule has 0 bridgehead atoms. The Morgan fingerprint density at radius 1 is 1.21 bits per heavy atom. The third-order valence-corrected chi connectivity index (χ3v) is 5.16. The molecule has 0 aromatic heterocycles. The Kier molecular flexibility index (Phi) is 5.66. The summed E-state index contributed by atoms with van der Waals surface area (Å²) in [6.45, 7) is 5.79. The minimum absolute atomic E-state index is 0.00129. The van der Waals surface area contributed by atoms with E-state index in [1.165, 1.54) is 12.1 Å². The maximum Gasteiger partial charge on any atom is 0.337 e. The molecule has 0 aliphatic rings. The Bertz CT molecular complexity index is 464. The van der Waals surface area contributed by atoms with Gasteiger partial charge in [-0.05, 0) is 26.3 Å². The normalized spacial score (nSPS) is 13.2. The number of non-ortho nitro benzene ring substituents is 1. The number of rotatable bonds is 7. The van der Waals surface area contributed by atoms with Crippen LogP contribution in [0.15, 0.2) is 24.3 Å². The maximum absolute atomic E-state index is 12.6. The van der Waals surface area contributed by atoms with E-state index in [2.05, 4.69) is 0 Å². The van der Waals surface area contributed by atoms with Gasteiger partial charge in [0, 0.05) is 12.1 Å². The van der Waals surface area contributed by atoms with Crippen molar-refractivity contribution in [2.75, 3.05) is 13.2 Å². The van der Waals surface area contributed by atoms with Crippen molar-refractivity contribution in [1.82, 2.24) is 0 Å². The molecule has 0 saturated heterocycles. The van der Waals surface area contributed by atoms with Gasteiger partial charge in [-0.2, -0.15) is 0 Å². The molecule has 1 atom stereocenters. The zero-order chi connectivity index (χ0) is 14.5. The minimum atomic E-state index is -3.24. The van der Waals surface area contributed by atoms with Crippen molar-refractivity contribution >= 4 is 13.3 Å². The zero-order valence-electron chi connectivity index (χ0n) is 11.2. The molecule has 1 unspecified atom stereocenters. The van der Waals surface area contributed by atoms with Gasteiger partial charge in [-0.1, -0.05) is 12.1 Å². The Balaban J connectivity index is 2.99. The molecule has 7 heteroatoms. The van der Waals surface area contributed by atoms with Crippen LogP contribution in [0.3, 0.4) is 0 Å². The molecule has 0 spiro atoms. The lowest BCUT2D eigenvalue weighted by Gasteiger charge is -2.23. The quantitative estimate of drug-likeness (QED) is 0.431. The lowest BCUT2D eigenvalue weighted by Crippen LogP contribution is -2.04. The van der Waals surface area contributed by atoms with E-state index in [4.69, 9.17) is 9.05 Å². The van der Waals surface area contributed by atoms with E-state index in [0.29, 0.717) is 5.56 Å². The number of hydrogen-bond donors (Lipinski definition) is 0. The third-order valence-electron chi connectivity index (χ3n) is 2.68. The molecule has 0 fully saturated rings. The highest BCUT2D eigenvalue weighted by Gasteiger charge is 2.33. The van der Waals surface area contributed by atoms with E-state index in [1.54, 1.807) is 32.9 Å². The summed E-state index contributed by atoms with van der Waals surface area (Å²) in [7, 11) is -3.24. The van der Waals surface area contributed by atoms with Gasteiger partial charge in [0.25, 0.3) is 5.69 Å². The lowest BCUT2D eigenvalue weighted by molar-refractivity contribution is -0.384.